The third-order valence-corrected chi connectivity index (χ3v) is 5.02. The molecule has 2 atom stereocenters. The number of hydrogen-bond acceptors (Lipinski definition) is 3. The van der Waals surface area contributed by atoms with Gasteiger partial charge in [0.1, 0.15) is 12.4 Å². The molecular formula is C21H23NO3. The molecular weight excluding hydrogens is 314 g/mol. The minimum atomic E-state index is -0.0790. The van der Waals surface area contributed by atoms with Gasteiger partial charge in [0, 0.05) is 6.61 Å². The van der Waals surface area contributed by atoms with Crippen LogP contribution in [0.2, 0.25) is 0 Å². The van der Waals surface area contributed by atoms with Crippen molar-refractivity contribution in [1.29, 1.82) is 0 Å². The highest BCUT2D eigenvalue weighted by Gasteiger charge is 2.25. The Morgan fingerprint density at radius 3 is 2.84 bits per heavy atom. The molecule has 1 heterocycles. The molecule has 2 aromatic rings. The lowest BCUT2D eigenvalue weighted by molar-refractivity contribution is 0.0670. The lowest BCUT2D eigenvalue weighted by Crippen LogP contribution is -2.28. The highest BCUT2D eigenvalue weighted by molar-refractivity contribution is 5.97. The fraction of sp³-hybridized carbons (Fsp3) is 0.381. The Balaban J connectivity index is 1.45. The van der Waals surface area contributed by atoms with Crippen LogP contribution in [0.4, 0.5) is 0 Å². The van der Waals surface area contributed by atoms with Gasteiger partial charge in [-0.15, -0.1) is 0 Å². The smallest absolute Gasteiger partial charge is 0.255 e. The maximum atomic E-state index is 12.8. The second-order valence-electron chi connectivity index (χ2n) is 6.71. The van der Waals surface area contributed by atoms with Crippen LogP contribution in [0.3, 0.4) is 0 Å². The topological polar surface area (TPSA) is 47.6 Å². The normalized spacial score (nSPS) is 21.8. The quantitative estimate of drug-likeness (QED) is 0.906. The molecule has 1 N–H and O–H groups in total. The average molecular weight is 337 g/mol. The largest absolute Gasteiger partial charge is 0.490 e. The first-order valence-corrected chi connectivity index (χ1v) is 9.03. The van der Waals surface area contributed by atoms with Crippen molar-refractivity contribution in [2.75, 3.05) is 13.2 Å². The first kappa shape index (κ1) is 16.2. The predicted octanol–water partition coefficient (Wildman–Crippen LogP) is 3.66. The number of rotatable bonds is 5. The van der Waals surface area contributed by atoms with Crippen LogP contribution in [-0.4, -0.2) is 25.2 Å². The first-order chi connectivity index (χ1) is 12.3. The predicted molar refractivity (Wildman–Crippen MR) is 95.9 cm³/mol. The van der Waals surface area contributed by atoms with Crippen molar-refractivity contribution >= 4 is 5.91 Å². The molecule has 4 rings (SSSR count). The van der Waals surface area contributed by atoms with Gasteiger partial charge in [0.15, 0.2) is 0 Å². The molecule has 0 saturated carbocycles. The van der Waals surface area contributed by atoms with Gasteiger partial charge in [0.05, 0.1) is 17.7 Å². The van der Waals surface area contributed by atoms with Gasteiger partial charge in [-0.25, -0.2) is 0 Å². The van der Waals surface area contributed by atoms with Crippen LogP contribution in [0.1, 0.15) is 46.8 Å². The summed E-state index contributed by atoms with van der Waals surface area (Å²) in [4.78, 5) is 12.8. The number of carbonyl (C=O) groups is 1. The number of fused-ring (bicyclic) bond motifs is 1. The van der Waals surface area contributed by atoms with Crippen molar-refractivity contribution in [2.24, 2.45) is 0 Å². The molecule has 0 radical (unpaired) electrons. The molecule has 0 unspecified atom stereocenters. The summed E-state index contributed by atoms with van der Waals surface area (Å²) in [5.41, 5.74) is 3.15. The number of nitrogens with one attached hydrogen (secondary N) is 1. The van der Waals surface area contributed by atoms with Crippen molar-refractivity contribution in [3.05, 3.63) is 65.2 Å². The maximum absolute atomic E-state index is 12.8. The fourth-order valence-corrected chi connectivity index (χ4v) is 3.68. The second-order valence-corrected chi connectivity index (χ2v) is 6.71. The van der Waals surface area contributed by atoms with Crippen LogP contribution >= 0.6 is 0 Å². The zero-order chi connectivity index (χ0) is 17.1. The van der Waals surface area contributed by atoms with Gasteiger partial charge in [-0.3, -0.25) is 4.79 Å². The van der Waals surface area contributed by atoms with Crippen molar-refractivity contribution in [3.63, 3.8) is 0 Å². The zero-order valence-corrected chi connectivity index (χ0v) is 14.2. The van der Waals surface area contributed by atoms with Crippen LogP contribution in [0.15, 0.2) is 48.5 Å². The first-order valence-electron chi connectivity index (χ1n) is 9.03. The van der Waals surface area contributed by atoms with Crippen molar-refractivity contribution in [3.8, 4) is 5.75 Å². The molecule has 25 heavy (non-hydrogen) atoms. The fourth-order valence-electron chi connectivity index (χ4n) is 3.68. The summed E-state index contributed by atoms with van der Waals surface area (Å²) in [6, 6.07) is 15.8. The van der Waals surface area contributed by atoms with E-state index in [4.69, 9.17) is 9.47 Å². The Morgan fingerprint density at radius 1 is 1.12 bits per heavy atom. The van der Waals surface area contributed by atoms with Gasteiger partial charge in [0.2, 0.25) is 0 Å². The van der Waals surface area contributed by atoms with E-state index in [0.717, 1.165) is 32.3 Å². The maximum Gasteiger partial charge on any atom is 0.255 e. The minimum absolute atomic E-state index is 0.0786. The number of benzene rings is 2. The van der Waals surface area contributed by atoms with Crippen LogP contribution in [-0.2, 0) is 11.2 Å². The van der Waals surface area contributed by atoms with E-state index in [2.05, 4.69) is 23.5 Å². The van der Waals surface area contributed by atoms with E-state index in [1.807, 2.05) is 30.3 Å². The van der Waals surface area contributed by atoms with E-state index in [1.54, 1.807) is 0 Å². The van der Waals surface area contributed by atoms with Crippen molar-refractivity contribution < 1.29 is 14.3 Å². The van der Waals surface area contributed by atoms with Crippen molar-refractivity contribution in [1.82, 2.24) is 5.32 Å². The molecule has 0 bridgehead atoms. The zero-order valence-electron chi connectivity index (χ0n) is 14.2. The Labute approximate surface area is 148 Å². The molecule has 1 aliphatic carbocycles. The van der Waals surface area contributed by atoms with Gasteiger partial charge in [-0.1, -0.05) is 36.4 Å². The van der Waals surface area contributed by atoms with E-state index < -0.39 is 0 Å². The lowest BCUT2D eigenvalue weighted by atomic mass is 10.1. The summed E-state index contributed by atoms with van der Waals surface area (Å²) in [7, 11) is 0. The molecule has 1 amide bonds. The standard InChI is InChI=1S/C21H23NO3/c23-21(22-19-12-11-15-6-1-2-8-17(15)19)18-9-3-4-10-20(18)25-14-16-7-5-13-24-16/h1-4,6,8-10,16,19H,5,7,11-14H2,(H,22,23)/t16-,19-/m0/s1. The Morgan fingerprint density at radius 2 is 1.96 bits per heavy atom. The molecule has 4 heteroatoms. The van der Waals surface area contributed by atoms with Crippen molar-refractivity contribution in [2.45, 2.75) is 37.8 Å². The molecule has 0 spiro atoms. The minimum Gasteiger partial charge on any atom is -0.490 e. The summed E-state index contributed by atoms with van der Waals surface area (Å²) < 4.78 is 11.5. The van der Waals surface area contributed by atoms with Gasteiger partial charge >= 0.3 is 0 Å². The van der Waals surface area contributed by atoms with Gasteiger partial charge in [0.25, 0.3) is 5.91 Å². The van der Waals surface area contributed by atoms with Gasteiger partial charge in [-0.05, 0) is 48.9 Å². The molecule has 2 aliphatic rings. The number of para-hydroxylation sites is 1. The third kappa shape index (κ3) is 3.54. The number of aryl methyl sites for hydroxylation is 1. The van der Waals surface area contributed by atoms with E-state index >= 15 is 0 Å². The summed E-state index contributed by atoms with van der Waals surface area (Å²) >= 11 is 0. The van der Waals surface area contributed by atoms with E-state index in [9.17, 15) is 4.79 Å². The Kier molecular flexibility index (Phi) is 4.70. The molecule has 1 fully saturated rings. The van der Waals surface area contributed by atoms with Crippen LogP contribution in [0.25, 0.3) is 0 Å². The van der Waals surface area contributed by atoms with Crippen LogP contribution < -0.4 is 10.1 Å². The third-order valence-electron chi connectivity index (χ3n) is 5.02. The Bertz CT molecular complexity index is 752. The summed E-state index contributed by atoms with van der Waals surface area (Å²) in [6.45, 7) is 1.30. The molecule has 2 aromatic carbocycles. The van der Waals surface area contributed by atoms with E-state index in [0.29, 0.717) is 17.9 Å². The molecule has 1 saturated heterocycles. The SMILES string of the molecule is O=C(N[C@H]1CCc2ccccc21)c1ccccc1OC[C@@H]1CCCO1. The lowest BCUT2D eigenvalue weighted by Gasteiger charge is -2.17. The van der Waals surface area contributed by atoms with E-state index in [-0.39, 0.29) is 18.1 Å². The number of amides is 1. The van der Waals surface area contributed by atoms with Crippen LogP contribution in [0, 0.1) is 0 Å². The van der Waals surface area contributed by atoms with Crippen LogP contribution in [0.5, 0.6) is 5.75 Å². The Hall–Kier alpha value is -2.33. The summed E-state index contributed by atoms with van der Waals surface area (Å²) in [5.74, 6) is 0.548. The number of carbonyl (C=O) groups excluding carboxylic acids is 1. The number of hydrogen-bond donors (Lipinski definition) is 1. The second kappa shape index (κ2) is 7.28. The van der Waals surface area contributed by atoms with E-state index in [1.165, 1.54) is 11.1 Å². The molecule has 1 aliphatic heterocycles. The molecule has 130 valence electrons. The van der Waals surface area contributed by atoms with Gasteiger partial charge in [-0.2, -0.15) is 0 Å². The number of ether oxygens (including phenoxy) is 2. The highest BCUT2D eigenvalue weighted by Crippen LogP contribution is 2.31. The average Bonchev–Trinajstić information content (AvgIpc) is 3.30. The molecule has 0 aromatic heterocycles. The molecule has 4 nitrogen and oxygen atoms in total. The summed E-state index contributed by atoms with van der Waals surface area (Å²) in [5, 5.41) is 3.17. The highest BCUT2D eigenvalue weighted by atomic mass is 16.5. The monoisotopic (exact) mass is 337 g/mol. The van der Waals surface area contributed by atoms with Gasteiger partial charge < -0.3 is 14.8 Å². The summed E-state index contributed by atoms with van der Waals surface area (Å²) in [6.07, 6.45) is 4.20.